The maximum atomic E-state index is 4.32. The molecule has 0 aromatic heterocycles. The molecule has 0 saturated heterocycles. The van der Waals surface area contributed by atoms with Gasteiger partial charge in [-0.15, -0.1) is 0 Å². The monoisotopic (exact) mass is 1200 g/mol. The van der Waals surface area contributed by atoms with Crippen LogP contribution in [-0.4, -0.2) is 0 Å². The highest BCUT2D eigenvalue weighted by molar-refractivity contribution is 4.99. The molecule has 0 radical (unpaired) electrons. The molecule has 0 heterocycles. The van der Waals surface area contributed by atoms with Gasteiger partial charge in [-0.2, -0.15) is 0 Å². The molecule has 4 unspecified atom stereocenters. The van der Waals surface area contributed by atoms with E-state index in [2.05, 4.69) is 117 Å². The molecule has 86 heavy (non-hydrogen) atoms. The predicted octanol–water partition coefficient (Wildman–Crippen LogP) is 29.6. The van der Waals surface area contributed by atoms with Gasteiger partial charge in [0.25, 0.3) is 0 Å². The number of hydrogen-bond donors (Lipinski definition) is 0. The van der Waals surface area contributed by atoms with Crippen LogP contribution in [0.4, 0.5) is 0 Å². The normalized spacial score (nSPS) is 28.3. The van der Waals surface area contributed by atoms with Crippen LogP contribution in [0.15, 0.2) is 12.2 Å². The number of rotatable bonds is 43. The van der Waals surface area contributed by atoms with E-state index in [4.69, 9.17) is 0 Å². The Bertz CT molecular complexity index is 1710. The van der Waals surface area contributed by atoms with Crippen LogP contribution in [0.3, 0.4) is 0 Å². The van der Waals surface area contributed by atoms with Gasteiger partial charge in [0.2, 0.25) is 0 Å². The molecule has 0 amide bonds. The topological polar surface area (TPSA) is 0 Å². The quantitative estimate of drug-likeness (QED) is 0.0422. The van der Waals surface area contributed by atoms with E-state index in [1.54, 1.807) is 0 Å². The lowest BCUT2D eigenvalue weighted by atomic mass is 9.61. The number of unbranched alkanes of at least 4 members (excludes halogenated alkanes) is 10. The van der Waals surface area contributed by atoms with Gasteiger partial charge in [0.15, 0.2) is 0 Å². The highest BCUT2D eigenvalue weighted by Gasteiger charge is 2.41. The van der Waals surface area contributed by atoms with Crippen molar-refractivity contribution in [1.29, 1.82) is 0 Å². The molecule has 0 aromatic carbocycles. The zero-order valence-corrected chi connectivity index (χ0v) is 62.4. The van der Waals surface area contributed by atoms with Crippen molar-refractivity contribution in [2.45, 2.75) is 425 Å². The summed E-state index contributed by atoms with van der Waals surface area (Å²) in [6.07, 6.45) is 72.3. The van der Waals surface area contributed by atoms with Crippen molar-refractivity contribution in [3.63, 3.8) is 0 Å². The fourth-order valence-corrected chi connectivity index (χ4v) is 21.6. The van der Waals surface area contributed by atoms with Crippen LogP contribution in [0.2, 0.25) is 0 Å². The molecule has 0 heteroatoms. The van der Waals surface area contributed by atoms with Gasteiger partial charge in [0.05, 0.1) is 0 Å². The first-order valence-electron chi connectivity index (χ1n) is 40.7. The molecule has 506 valence electrons. The second kappa shape index (κ2) is 38.8. The van der Waals surface area contributed by atoms with Gasteiger partial charge < -0.3 is 0 Å². The third-order valence-corrected chi connectivity index (χ3v) is 28.8. The summed E-state index contributed by atoms with van der Waals surface area (Å²) in [6, 6.07) is 0. The second-order valence-corrected chi connectivity index (χ2v) is 36.7. The summed E-state index contributed by atoms with van der Waals surface area (Å²) >= 11 is 0. The average Bonchev–Trinajstić information content (AvgIpc) is 3.10. The van der Waals surface area contributed by atoms with Gasteiger partial charge >= 0.3 is 0 Å². The van der Waals surface area contributed by atoms with Crippen molar-refractivity contribution in [3.8, 4) is 0 Å². The van der Waals surface area contributed by atoms with Crippen LogP contribution in [0.25, 0.3) is 0 Å². The van der Waals surface area contributed by atoms with E-state index in [0.717, 1.165) is 82.9 Å². The fraction of sp³-hybridized carbons (Fsp3) is 0.977. The summed E-state index contributed by atoms with van der Waals surface area (Å²) in [7, 11) is 0. The first kappa shape index (κ1) is 76.5. The molecular formula is C86H162. The Morgan fingerprint density at radius 3 is 0.907 bits per heavy atom. The molecule has 0 nitrogen and oxygen atoms in total. The van der Waals surface area contributed by atoms with Gasteiger partial charge in [0.1, 0.15) is 0 Å². The van der Waals surface area contributed by atoms with Crippen molar-refractivity contribution < 1.29 is 0 Å². The smallest absolute Gasteiger partial charge is 0.0208 e. The van der Waals surface area contributed by atoms with Crippen LogP contribution < -0.4 is 0 Å². The summed E-state index contributed by atoms with van der Waals surface area (Å²) in [5.74, 6) is 13.4. The largest absolute Gasteiger partial charge is 0.0999 e. The summed E-state index contributed by atoms with van der Waals surface area (Å²) in [6.45, 7) is 45.4. The molecule has 5 aliphatic carbocycles. The van der Waals surface area contributed by atoms with Gasteiger partial charge in [-0.25, -0.2) is 0 Å². The first-order valence-corrected chi connectivity index (χ1v) is 40.7. The highest BCUT2D eigenvalue weighted by atomic mass is 14.5. The van der Waals surface area contributed by atoms with E-state index in [9.17, 15) is 0 Å². The Labute approximate surface area is 544 Å². The Hall–Kier alpha value is -0.260. The van der Waals surface area contributed by atoms with E-state index in [1.807, 2.05) is 0 Å². The van der Waals surface area contributed by atoms with Crippen molar-refractivity contribution in [2.75, 3.05) is 0 Å². The van der Waals surface area contributed by atoms with Crippen LogP contribution in [-0.2, 0) is 0 Å². The van der Waals surface area contributed by atoms with Crippen molar-refractivity contribution in [3.05, 3.63) is 12.2 Å². The molecule has 0 aromatic rings. The SMILES string of the molecule is C=C(C)C1CCC(C(C)(C)CCCCCC(CCCCC)C2CCC(C(C)(C)CCC(CCCCCCC(CCC)C3CCC(C(C)(C)CCC)CC3)C3CCC(C(C)(C)CCC(CC)C4CCC(C(C)(C)CCCCCC)CC4)CC3)CC2)CC1. The van der Waals surface area contributed by atoms with E-state index in [0.29, 0.717) is 27.1 Å². The van der Waals surface area contributed by atoms with Gasteiger partial charge in [-0.05, 0) is 290 Å². The maximum absolute atomic E-state index is 4.32. The van der Waals surface area contributed by atoms with Gasteiger partial charge in [-0.3, -0.25) is 0 Å². The standard InChI is InChI=1S/C86H162/c1-18-23-25-33-63-83(10,11)79-52-42-73(43-53-79)68(22-5)60-65-85(14,15)80-58-48-76(49-59-80)72(39-31-27-26-30-37-70(35-20-3)74-44-54-77(55-45-74)82(8,9)62-21-4)61-66-86(16,17)81-56-46-75(47-57-81)71(36-29-24-19-2)38-32-28-34-64-84(12,13)78-50-40-69(41-51-78)67(6)7/h68-81H,6,18-66H2,1-5,7-17H3. The lowest BCUT2D eigenvalue weighted by Crippen LogP contribution is -2.33. The Kier molecular flexibility index (Phi) is 34.5. The third kappa shape index (κ3) is 25.2. The number of allylic oxidation sites excluding steroid dienone is 1. The highest BCUT2D eigenvalue weighted by Crippen LogP contribution is 2.53. The Morgan fingerprint density at radius 1 is 0.279 bits per heavy atom. The average molecular weight is 1200 g/mol. The minimum atomic E-state index is 0.482. The zero-order valence-electron chi connectivity index (χ0n) is 62.4. The van der Waals surface area contributed by atoms with Crippen LogP contribution in [0.5, 0.6) is 0 Å². The molecular weight excluding hydrogens is 1030 g/mol. The molecule has 5 rings (SSSR count). The lowest BCUT2D eigenvalue weighted by Gasteiger charge is -2.44. The zero-order chi connectivity index (χ0) is 62.8. The van der Waals surface area contributed by atoms with E-state index >= 15 is 0 Å². The van der Waals surface area contributed by atoms with Crippen LogP contribution >= 0.6 is 0 Å². The van der Waals surface area contributed by atoms with Gasteiger partial charge in [0, 0.05) is 0 Å². The van der Waals surface area contributed by atoms with Crippen molar-refractivity contribution >= 4 is 0 Å². The summed E-state index contributed by atoms with van der Waals surface area (Å²) in [5.41, 5.74) is 4.00. The van der Waals surface area contributed by atoms with E-state index in [-0.39, 0.29) is 0 Å². The lowest BCUT2D eigenvalue weighted by molar-refractivity contribution is 0.0643. The van der Waals surface area contributed by atoms with Crippen molar-refractivity contribution in [1.82, 2.24) is 0 Å². The molecule has 5 saturated carbocycles. The summed E-state index contributed by atoms with van der Waals surface area (Å²) in [5, 5.41) is 0. The van der Waals surface area contributed by atoms with Crippen LogP contribution in [0.1, 0.15) is 425 Å². The molecule has 0 aliphatic heterocycles. The summed E-state index contributed by atoms with van der Waals surface area (Å²) in [4.78, 5) is 0. The molecule has 0 bridgehead atoms. The molecule has 5 fully saturated rings. The minimum Gasteiger partial charge on any atom is -0.0999 e. The Balaban J connectivity index is 1.13. The van der Waals surface area contributed by atoms with E-state index in [1.165, 1.54) is 320 Å². The predicted molar refractivity (Wildman–Crippen MR) is 387 cm³/mol. The molecule has 0 N–H and O–H groups in total. The maximum Gasteiger partial charge on any atom is -0.0208 e. The fourth-order valence-electron chi connectivity index (χ4n) is 21.6. The second-order valence-electron chi connectivity index (χ2n) is 36.7. The third-order valence-electron chi connectivity index (χ3n) is 28.8. The van der Waals surface area contributed by atoms with Crippen LogP contribution in [0, 0.1) is 110 Å². The van der Waals surface area contributed by atoms with Gasteiger partial charge in [-0.1, -0.05) is 257 Å². The Morgan fingerprint density at radius 2 is 0.558 bits per heavy atom. The molecule has 5 aliphatic rings. The minimum absolute atomic E-state index is 0.482. The van der Waals surface area contributed by atoms with E-state index < -0.39 is 0 Å². The first-order chi connectivity index (χ1) is 41.0. The van der Waals surface area contributed by atoms with Crippen molar-refractivity contribution in [2.24, 2.45) is 110 Å². The molecule has 0 spiro atoms. The number of hydrogen-bond acceptors (Lipinski definition) is 0. The molecule has 4 atom stereocenters. The summed E-state index contributed by atoms with van der Waals surface area (Å²) < 4.78 is 0.